The smallest absolute Gasteiger partial charge is 0.125 e. The molecule has 0 unspecified atom stereocenters. The first kappa shape index (κ1) is 14.1. The molecule has 1 N–H and O–H groups in total. The van der Waals surface area contributed by atoms with Crippen molar-refractivity contribution in [2.75, 3.05) is 31.5 Å². The van der Waals surface area contributed by atoms with E-state index < -0.39 is 0 Å². The normalized spacial score (nSPS) is 19.0. The van der Waals surface area contributed by atoms with Gasteiger partial charge in [0.05, 0.1) is 6.54 Å². The minimum atomic E-state index is 0.714. The fourth-order valence-electron chi connectivity index (χ4n) is 2.78. The molecule has 5 nitrogen and oxygen atoms in total. The van der Waals surface area contributed by atoms with Gasteiger partial charge in [0, 0.05) is 38.2 Å². The summed E-state index contributed by atoms with van der Waals surface area (Å²) in [5, 5.41) is 7.70. The summed E-state index contributed by atoms with van der Waals surface area (Å²) in [6.45, 7) is 7.49. The van der Waals surface area contributed by atoms with Crippen LogP contribution in [0, 0.1) is 12.8 Å². The summed E-state index contributed by atoms with van der Waals surface area (Å²) in [5.74, 6) is 1.70. The molecular weight excluding hydrogens is 262 g/mol. The number of likely N-dealkylation sites (tertiary alicyclic amines) is 1. The number of rotatable bonds is 6. The summed E-state index contributed by atoms with van der Waals surface area (Å²) < 4.78 is 2.00. The highest BCUT2D eigenvalue weighted by atomic mass is 15.3. The number of pyridine rings is 1. The molecule has 1 atom stereocenters. The largest absolute Gasteiger partial charge is 0.370 e. The molecule has 1 aliphatic heterocycles. The Kier molecular flexibility index (Phi) is 4.50. The quantitative estimate of drug-likeness (QED) is 0.882. The molecule has 0 aliphatic carbocycles. The lowest BCUT2D eigenvalue weighted by molar-refractivity contribution is 0.305. The Hall–Kier alpha value is -1.88. The summed E-state index contributed by atoms with van der Waals surface area (Å²) in [4.78, 5) is 6.92. The Balaban J connectivity index is 1.39. The monoisotopic (exact) mass is 285 g/mol. The zero-order valence-electron chi connectivity index (χ0n) is 12.6. The predicted molar refractivity (Wildman–Crippen MR) is 84.2 cm³/mol. The van der Waals surface area contributed by atoms with Crippen LogP contribution in [0.2, 0.25) is 0 Å². The van der Waals surface area contributed by atoms with Crippen molar-refractivity contribution in [1.82, 2.24) is 19.7 Å². The van der Waals surface area contributed by atoms with Crippen LogP contribution in [0.15, 0.2) is 36.8 Å². The Morgan fingerprint density at radius 1 is 1.33 bits per heavy atom. The fraction of sp³-hybridized carbons (Fsp3) is 0.500. The molecular formula is C16H23N5. The molecule has 1 saturated heterocycles. The molecule has 0 spiro atoms. The highest BCUT2D eigenvalue weighted by molar-refractivity contribution is 5.35. The predicted octanol–water partition coefficient (Wildman–Crippen LogP) is 2.02. The fourth-order valence-corrected chi connectivity index (χ4v) is 2.78. The summed E-state index contributed by atoms with van der Waals surface area (Å²) in [6, 6.07) is 6.13. The van der Waals surface area contributed by atoms with Crippen molar-refractivity contribution < 1.29 is 0 Å². The molecule has 3 rings (SSSR count). The third-order valence-electron chi connectivity index (χ3n) is 4.06. The number of hydrogen-bond donors (Lipinski definition) is 1. The van der Waals surface area contributed by atoms with Crippen molar-refractivity contribution >= 4 is 5.82 Å². The molecule has 1 fully saturated rings. The van der Waals surface area contributed by atoms with Crippen molar-refractivity contribution in [3.63, 3.8) is 0 Å². The maximum absolute atomic E-state index is 4.39. The van der Waals surface area contributed by atoms with Gasteiger partial charge in [-0.3, -0.25) is 4.68 Å². The molecule has 0 amide bonds. The summed E-state index contributed by atoms with van der Waals surface area (Å²) >= 11 is 0. The zero-order valence-corrected chi connectivity index (χ0v) is 12.6. The standard InChI is InChI=1S/C16H23N5/c1-14-3-4-16(17-11-14)18-12-15-5-8-20(13-15)9-10-21-7-2-6-19-21/h2-4,6-7,11,15H,5,8-10,12-13H2,1H3,(H,17,18)/t15-/m0/s1. The van der Waals surface area contributed by atoms with Gasteiger partial charge in [-0.1, -0.05) is 6.07 Å². The lowest BCUT2D eigenvalue weighted by Gasteiger charge is -2.16. The molecule has 0 bridgehead atoms. The highest BCUT2D eigenvalue weighted by Gasteiger charge is 2.21. The van der Waals surface area contributed by atoms with E-state index in [0.717, 1.165) is 25.5 Å². The maximum atomic E-state index is 4.39. The summed E-state index contributed by atoms with van der Waals surface area (Å²) in [7, 11) is 0. The van der Waals surface area contributed by atoms with Crippen molar-refractivity contribution in [2.24, 2.45) is 5.92 Å². The number of aryl methyl sites for hydroxylation is 1. The summed E-state index contributed by atoms with van der Waals surface area (Å²) in [5.41, 5.74) is 1.20. The van der Waals surface area contributed by atoms with E-state index in [2.05, 4.69) is 39.4 Å². The molecule has 0 aromatic carbocycles. The lowest BCUT2D eigenvalue weighted by Crippen LogP contribution is -2.26. The van der Waals surface area contributed by atoms with Gasteiger partial charge < -0.3 is 10.2 Å². The Bertz CT molecular complexity index is 534. The van der Waals surface area contributed by atoms with Crippen LogP contribution in [-0.4, -0.2) is 45.8 Å². The second-order valence-corrected chi connectivity index (χ2v) is 5.83. The van der Waals surface area contributed by atoms with Gasteiger partial charge in [0.1, 0.15) is 5.82 Å². The molecule has 2 aromatic rings. The average molecular weight is 285 g/mol. The number of nitrogens with zero attached hydrogens (tertiary/aromatic N) is 4. The van der Waals surface area contributed by atoms with E-state index in [9.17, 15) is 0 Å². The molecule has 3 heterocycles. The van der Waals surface area contributed by atoms with Crippen molar-refractivity contribution in [3.8, 4) is 0 Å². The van der Waals surface area contributed by atoms with E-state index in [1.165, 1.54) is 25.1 Å². The van der Waals surface area contributed by atoms with E-state index in [1.807, 2.05) is 29.3 Å². The molecule has 112 valence electrons. The van der Waals surface area contributed by atoms with Gasteiger partial charge in [0.2, 0.25) is 0 Å². The molecule has 0 saturated carbocycles. The zero-order chi connectivity index (χ0) is 14.5. The van der Waals surface area contributed by atoms with Crippen molar-refractivity contribution in [3.05, 3.63) is 42.4 Å². The topological polar surface area (TPSA) is 46.0 Å². The van der Waals surface area contributed by atoms with Crippen LogP contribution in [0.5, 0.6) is 0 Å². The van der Waals surface area contributed by atoms with Crippen LogP contribution in [0.3, 0.4) is 0 Å². The van der Waals surface area contributed by atoms with Crippen LogP contribution in [-0.2, 0) is 6.54 Å². The maximum Gasteiger partial charge on any atom is 0.125 e. The molecule has 21 heavy (non-hydrogen) atoms. The SMILES string of the molecule is Cc1ccc(NC[C@@H]2CCN(CCn3cccn3)C2)nc1. The van der Waals surface area contributed by atoms with E-state index in [4.69, 9.17) is 0 Å². The first-order valence-corrected chi connectivity index (χ1v) is 7.66. The second kappa shape index (κ2) is 6.72. The van der Waals surface area contributed by atoms with Crippen LogP contribution in [0.4, 0.5) is 5.82 Å². The summed E-state index contributed by atoms with van der Waals surface area (Å²) in [6.07, 6.45) is 7.04. The van der Waals surface area contributed by atoms with Crippen LogP contribution >= 0.6 is 0 Å². The van der Waals surface area contributed by atoms with Gasteiger partial charge in [-0.2, -0.15) is 5.10 Å². The third-order valence-corrected chi connectivity index (χ3v) is 4.06. The number of hydrogen-bond acceptors (Lipinski definition) is 4. The van der Waals surface area contributed by atoms with Crippen LogP contribution in [0.1, 0.15) is 12.0 Å². The van der Waals surface area contributed by atoms with Gasteiger partial charge in [0.15, 0.2) is 0 Å². The van der Waals surface area contributed by atoms with Gasteiger partial charge in [-0.05, 0) is 43.5 Å². The third kappa shape index (κ3) is 4.04. The van der Waals surface area contributed by atoms with Gasteiger partial charge in [-0.25, -0.2) is 4.98 Å². The van der Waals surface area contributed by atoms with E-state index >= 15 is 0 Å². The number of nitrogens with one attached hydrogen (secondary N) is 1. The van der Waals surface area contributed by atoms with Gasteiger partial charge in [-0.15, -0.1) is 0 Å². The lowest BCUT2D eigenvalue weighted by atomic mass is 10.1. The molecule has 1 aliphatic rings. The molecule has 5 heteroatoms. The van der Waals surface area contributed by atoms with Crippen molar-refractivity contribution in [2.45, 2.75) is 19.9 Å². The Morgan fingerprint density at radius 3 is 3.05 bits per heavy atom. The van der Waals surface area contributed by atoms with Crippen molar-refractivity contribution in [1.29, 1.82) is 0 Å². The van der Waals surface area contributed by atoms with E-state index in [0.29, 0.717) is 5.92 Å². The first-order valence-electron chi connectivity index (χ1n) is 7.66. The molecule has 2 aromatic heterocycles. The van der Waals surface area contributed by atoms with E-state index in [-0.39, 0.29) is 0 Å². The minimum absolute atomic E-state index is 0.714. The average Bonchev–Trinajstić information content (AvgIpc) is 3.16. The second-order valence-electron chi connectivity index (χ2n) is 5.83. The molecule has 0 radical (unpaired) electrons. The van der Waals surface area contributed by atoms with Gasteiger partial charge in [0.25, 0.3) is 0 Å². The van der Waals surface area contributed by atoms with Crippen LogP contribution < -0.4 is 5.32 Å². The van der Waals surface area contributed by atoms with E-state index in [1.54, 1.807) is 0 Å². The number of aromatic nitrogens is 3. The minimum Gasteiger partial charge on any atom is -0.370 e. The highest BCUT2D eigenvalue weighted by Crippen LogP contribution is 2.16. The van der Waals surface area contributed by atoms with Crippen LogP contribution in [0.25, 0.3) is 0 Å². The Labute approximate surface area is 126 Å². The number of anilines is 1. The van der Waals surface area contributed by atoms with Gasteiger partial charge >= 0.3 is 0 Å². The Morgan fingerprint density at radius 2 is 2.29 bits per heavy atom. The first-order chi connectivity index (χ1) is 10.3.